The molecule has 1 aliphatic heterocycles. The van der Waals surface area contributed by atoms with Crippen LogP contribution in [0.5, 0.6) is 0 Å². The summed E-state index contributed by atoms with van der Waals surface area (Å²) in [6.45, 7) is 1.62. The molecule has 27 heavy (non-hydrogen) atoms. The van der Waals surface area contributed by atoms with Gasteiger partial charge >= 0.3 is 0 Å². The summed E-state index contributed by atoms with van der Waals surface area (Å²) >= 11 is 0. The standard InChI is InChI=1S/C21H23N5O/c1-24-12-18-7-4-3-6-16(18)10-20(24)13-25(2)21(27)17-8-5-9-19(11-17)26-14-22-23-15-26/h3-9,11,14-15,20H,10,12-13H2,1-2H3. The lowest BCUT2D eigenvalue weighted by Crippen LogP contribution is -2.46. The minimum Gasteiger partial charge on any atom is -0.340 e. The highest BCUT2D eigenvalue weighted by Gasteiger charge is 2.25. The highest BCUT2D eigenvalue weighted by Crippen LogP contribution is 2.22. The van der Waals surface area contributed by atoms with E-state index in [1.54, 1.807) is 17.2 Å². The fraction of sp³-hybridized carbons (Fsp3) is 0.286. The molecule has 4 rings (SSSR count). The quantitative estimate of drug-likeness (QED) is 0.716. The van der Waals surface area contributed by atoms with Crippen molar-refractivity contribution in [2.75, 3.05) is 20.6 Å². The van der Waals surface area contributed by atoms with Crippen molar-refractivity contribution >= 4 is 5.91 Å². The molecule has 6 nitrogen and oxygen atoms in total. The maximum atomic E-state index is 13.0. The lowest BCUT2D eigenvalue weighted by atomic mass is 9.94. The molecular formula is C21H23N5O. The first-order valence-corrected chi connectivity index (χ1v) is 9.09. The van der Waals surface area contributed by atoms with Crippen molar-refractivity contribution in [3.63, 3.8) is 0 Å². The fourth-order valence-corrected chi connectivity index (χ4v) is 3.68. The van der Waals surface area contributed by atoms with E-state index >= 15 is 0 Å². The number of aromatic nitrogens is 3. The molecule has 138 valence electrons. The van der Waals surface area contributed by atoms with Crippen LogP contribution in [0, 0.1) is 0 Å². The maximum Gasteiger partial charge on any atom is 0.253 e. The van der Waals surface area contributed by atoms with E-state index in [4.69, 9.17) is 0 Å². The van der Waals surface area contributed by atoms with Crippen molar-refractivity contribution in [3.05, 3.63) is 77.9 Å². The number of likely N-dealkylation sites (N-methyl/N-ethyl adjacent to an activating group) is 2. The highest BCUT2D eigenvalue weighted by molar-refractivity contribution is 5.94. The van der Waals surface area contributed by atoms with Crippen LogP contribution in [0.1, 0.15) is 21.5 Å². The molecule has 1 atom stereocenters. The predicted molar refractivity (Wildman–Crippen MR) is 104 cm³/mol. The molecule has 1 aliphatic rings. The van der Waals surface area contributed by atoms with Gasteiger partial charge in [0.25, 0.3) is 5.91 Å². The summed E-state index contributed by atoms with van der Waals surface area (Å²) in [5.74, 6) is 0.0252. The minimum atomic E-state index is 0.0252. The highest BCUT2D eigenvalue weighted by atomic mass is 16.2. The summed E-state index contributed by atoms with van der Waals surface area (Å²) in [7, 11) is 4.01. The van der Waals surface area contributed by atoms with Crippen LogP contribution in [0.4, 0.5) is 0 Å². The zero-order valence-electron chi connectivity index (χ0n) is 15.6. The molecule has 0 spiro atoms. The number of amides is 1. The Kier molecular flexibility index (Phi) is 4.73. The monoisotopic (exact) mass is 361 g/mol. The number of hydrogen-bond donors (Lipinski definition) is 0. The second-order valence-electron chi connectivity index (χ2n) is 7.15. The number of fused-ring (bicyclic) bond motifs is 1. The van der Waals surface area contributed by atoms with Gasteiger partial charge in [0.15, 0.2) is 0 Å². The van der Waals surface area contributed by atoms with Gasteiger partial charge in [0.05, 0.1) is 0 Å². The molecule has 2 heterocycles. The fourth-order valence-electron chi connectivity index (χ4n) is 3.68. The lowest BCUT2D eigenvalue weighted by Gasteiger charge is -2.36. The van der Waals surface area contributed by atoms with Crippen molar-refractivity contribution in [1.82, 2.24) is 24.6 Å². The van der Waals surface area contributed by atoms with Crippen molar-refractivity contribution in [2.45, 2.75) is 19.0 Å². The Balaban J connectivity index is 1.48. The summed E-state index contributed by atoms with van der Waals surface area (Å²) < 4.78 is 1.79. The van der Waals surface area contributed by atoms with E-state index < -0.39 is 0 Å². The van der Waals surface area contributed by atoms with Gasteiger partial charge in [0.2, 0.25) is 0 Å². The van der Waals surface area contributed by atoms with Gasteiger partial charge in [-0.15, -0.1) is 10.2 Å². The number of carbonyl (C=O) groups excluding carboxylic acids is 1. The maximum absolute atomic E-state index is 13.0. The zero-order valence-corrected chi connectivity index (χ0v) is 15.6. The topological polar surface area (TPSA) is 54.3 Å². The SMILES string of the molecule is CN(CC1Cc2ccccc2CN1C)C(=O)c1cccc(-n2cnnc2)c1. The molecule has 0 aliphatic carbocycles. The summed E-state index contributed by atoms with van der Waals surface area (Å²) in [6.07, 6.45) is 4.22. The Morgan fingerprint density at radius 2 is 1.85 bits per heavy atom. The van der Waals surface area contributed by atoms with E-state index in [9.17, 15) is 4.79 Å². The van der Waals surface area contributed by atoms with Crippen LogP contribution in [0.2, 0.25) is 0 Å². The second-order valence-corrected chi connectivity index (χ2v) is 7.15. The molecule has 0 N–H and O–H groups in total. The van der Waals surface area contributed by atoms with E-state index in [0.717, 1.165) is 18.7 Å². The first-order chi connectivity index (χ1) is 13.1. The van der Waals surface area contributed by atoms with E-state index in [1.165, 1.54) is 11.1 Å². The van der Waals surface area contributed by atoms with Gasteiger partial charge in [-0.1, -0.05) is 30.3 Å². The van der Waals surface area contributed by atoms with E-state index in [2.05, 4.69) is 46.4 Å². The summed E-state index contributed by atoms with van der Waals surface area (Å²) in [4.78, 5) is 17.1. The van der Waals surface area contributed by atoms with Gasteiger partial charge in [-0.25, -0.2) is 0 Å². The molecule has 2 aromatic carbocycles. The van der Waals surface area contributed by atoms with Crippen molar-refractivity contribution in [1.29, 1.82) is 0 Å². The molecule has 6 heteroatoms. The minimum absolute atomic E-state index is 0.0252. The molecule has 1 unspecified atom stereocenters. The van der Waals surface area contributed by atoms with Gasteiger partial charge in [-0.05, 0) is 42.8 Å². The van der Waals surface area contributed by atoms with Gasteiger partial charge in [-0.3, -0.25) is 14.3 Å². The van der Waals surface area contributed by atoms with Gasteiger partial charge in [-0.2, -0.15) is 0 Å². The average Bonchev–Trinajstić information content (AvgIpc) is 3.23. The van der Waals surface area contributed by atoms with Gasteiger partial charge in [0, 0.05) is 37.4 Å². The van der Waals surface area contributed by atoms with Gasteiger partial charge < -0.3 is 4.90 Å². The molecule has 0 saturated heterocycles. The van der Waals surface area contributed by atoms with Crippen molar-refractivity contribution < 1.29 is 4.79 Å². The number of rotatable bonds is 4. The Morgan fingerprint density at radius 3 is 2.63 bits per heavy atom. The number of benzene rings is 2. The third kappa shape index (κ3) is 3.61. The Labute approximate surface area is 159 Å². The first kappa shape index (κ1) is 17.4. The predicted octanol–water partition coefficient (Wildman–Crippen LogP) is 2.40. The molecule has 1 aromatic heterocycles. The van der Waals surface area contributed by atoms with Crippen LogP contribution in [0.25, 0.3) is 5.69 Å². The van der Waals surface area contributed by atoms with Crippen LogP contribution >= 0.6 is 0 Å². The molecule has 0 radical (unpaired) electrons. The smallest absolute Gasteiger partial charge is 0.253 e. The Hall–Kier alpha value is -2.99. The zero-order chi connectivity index (χ0) is 18.8. The molecule has 0 saturated carbocycles. The molecule has 0 fully saturated rings. The first-order valence-electron chi connectivity index (χ1n) is 9.09. The third-order valence-electron chi connectivity index (χ3n) is 5.26. The van der Waals surface area contributed by atoms with E-state index in [0.29, 0.717) is 18.2 Å². The third-order valence-corrected chi connectivity index (χ3v) is 5.26. The van der Waals surface area contributed by atoms with E-state index in [1.807, 2.05) is 36.2 Å². The average molecular weight is 361 g/mol. The van der Waals surface area contributed by atoms with Crippen LogP contribution in [0.15, 0.2) is 61.2 Å². The van der Waals surface area contributed by atoms with Gasteiger partial charge in [0.1, 0.15) is 12.7 Å². The Morgan fingerprint density at radius 1 is 1.11 bits per heavy atom. The van der Waals surface area contributed by atoms with Crippen molar-refractivity contribution in [2.24, 2.45) is 0 Å². The van der Waals surface area contributed by atoms with E-state index in [-0.39, 0.29) is 5.91 Å². The Bertz CT molecular complexity index is 937. The van der Waals surface area contributed by atoms with Crippen LogP contribution in [0.3, 0.4) is 0 Å². The number of hydrogen-bond acceptors (Lipinski definition) is 4. The normalized spacial score (nSPS) is 16.7. The number of nitrogens with zero attached hydrogens (tertiary/aromatic N) is 5. The number of carbonyl (C=O) groups is 1. The van der Waals surface area contributed by atoms with Crippen molar-refractivity contribution in [3.8, 4) is 5.69 Å². The largest absolute Gasteiger partial charge is 0.340 e. The summed E-state index contributed by atoms with van der Waals surface area (Å²) in [5.41, 5.74) is 4.31. The molecule has 0 bridgehead atoms. The molecule has 3 aromatic rings. The molecule has 1 amide bonds. The summed E-state index contributed by atoms with van der Waals surface area (Å²) in [5, 5.41) is 7.65. The molecular weight excluding hydrogens is 338 g/mol. The van der Waals surface area contributed by atoms with Crippen LogP contribution in [-0.2, 0) is 13.0 Å². The summed E-state index contributed by atoms with van der Waals surface area (Å²) in [6, 6.07) is 16.4. The lowest BCUT2D eigenvalue weighted by molar-refractivity contribution is 0.0733. The second kappa shape index (κ2) is 7.32. The van der Waals surface area contributed by atoms with Crippen LogP contribution in [-0.4, -0.2) is 57.2 Å². The van der Waals surface area contributed by atoms with Crippen LogP contribution < -0.4 is 0 Å².